The lowest BCUT2D eigenvalue weighted by atomic mass is 10.2. The number of anilines is 1. The molecule has 2 aromatic carbocycles. The molecule has 188 valence electrons. The van der Waals surface area contributed by atoms with Gasteiger partial charge in [0.1, 0.15) is 27.7 Å². The van der Waals surface area contributed by atoms with Crippen molar-refractivity contribution in [3.05, 3.63) is 42.0 Å². The highest BCUT2D eigenvalue weighted by Gasteiger charge is 2.32. The zero-order valence-corrected chi connectivity index (χ0v) is 18.2. The molecule has 0 heterocycles. The van der Waals surface area contributed by atoms with Gasteiger partial charge in [0.15, 0.2) is 13.2 Å². The van der Waals surface area contributed by atoms with Crippen LogP contribution in [0.25, 0.3) is 0 Å². The van der Waals surface area contributed by atoms with Crippen LogP contribution in [0.1, 0.15) is 10.4 Å². The minimum absolute atomic E-state index is 0.0512. The van der Waals surface area contributed by atoms with Crippen LogP contribution in [0.2, 0.25) is 0 Å². The molecular weight excluding hydrogens is 500 g/mol. The number of esters is 1. The summed E-state index contributed by atoms with van der Waals surface area (Å²) in [6.45, 7) is -3.63. The maximum Gasteiger partial charge on any atom is 0.422 e. The van der Waals surface area contributed by atoms with Crippen LogP contribution < -0.4 is 18.9 Å². The highest BCUT2D eigenvalue weighted by Crippen LogP contribution is 2.33. The van der Waals surface area contributed by atoms with Gasteiger partial charge < -0.3 is 18.9 Å². The van der Waals surface area contributed by atoms with Gasteiger partial charge in [0.2, 0.25) is 0 Å². The number of nitrogens with one attached hydrogen (secondary N) is 1. The van der Waals surface area contributed by atoms with Gasteiger partial charge in [0.05, 0.1) is 19.9 Å². The summed E-state index contributed by atoms with van der Waals surface area (Å²) in [6.07, 6.45) is -9.57. The van der Waals surface area contributed by atoms with Gasteiger partial charge in [0.25, 0.3) is 10.0 Å². The van der Waals surface area contributed by atoms with Crippen molar-refractivity contribution < 1.29 is 58.5 Å². The number of carbonyl (C=O) groups excluding carboxylic acids is 1. The van der Waals surface area contributed by atoms with E-state index >= 15 is 0 Å². The van der Waals surface area contributed by atoms with Crippen LogP contribution in [0.3, 0.4) is 0 Å². The Hall–Kier alpha value is -3.36. The first kappa shape index (κ1) is 26.9. The Bertz CT molecular complexity index is 1130. The van der Waals surface area contributed by atoms with Crippen molar-refractivity contribution in [2.75, 3.05) is 32.2 Å². The summed E-state index contributed by atoms with van der Waals surface area (Å²) in [5.74, 6) is -2.26. The van der Waals surface area contributed by atoms with Gasteiger partial charge in [-0.2, -0.15) is 26.3 Å². The molecule has 0 unspecified atom stereocenters. The molecule has 1 N–H and O–H groups in total. The molecule has 2 rings (SSSR count). The number of rotatable bonds is 9. The normalized spacial score (nSPS) is 12.1. The van der Waals surface area contributed by atoms with E-state index in [-0.39, 0.29) is 17.0 Å². The lowest BCUT2D eigenvalue weighted by molar-refractivity contribution is -0.154. The van der Waals surface area contributed by atoms with Crippen molar-refractivity contribution in [1.29, 1.82) is 0 Å². The molecule has 0 fully saturated rings. The third-order valence-electron chi connectivity index (χ3n) is 3.86. The van der Waals surface area contributed by atoms with E-state index in [9.17, 15) is 39.6 Å². The largest absolute Gasteiger partial charge is 0.496 e. The summed E-state index contributed by atoms with van der Waals surface area (Å²) in [7, 11) is -2.44. The molecule has 0 bridgehead atoms. The molecule has 0 radical (unpaired) electrons. The van der Waals surface area contributed by atoms with E-state index in [0.717, 1.165) is 37.4 Å². The van der Waals surface area contributed by atoms with Crippen LogP contribution >= 0.6 is 0 Å². The average Bonchev–Trinajstić information content (AvgIpc) is 2.74. The lowest BCUT2D eigenvalue weighted by Crippen LogP contribution is -2.22. The van der Waals surface area contributed by atoms with Gasteiger partial charge in [-0.1, -0.05) is 0 Å². The Morgan fingerprint density at radius 1 is 0.882 bits per heavy atom. The Labute approximate surface area is 189 Å². The number of sulfonamides is 1. The van der Waals surface area contributed by atoms with E-state index in [2.05, 4.69) is 14.2 Å². The highest BCUT2D eigenvalue weighted by atomic mass is 32.2. The van der Waals surface area contributed by atoms with Crippen molar-refractivity contribution in [1.82, 2.24) is 0 Å². The zero-order valence-electron chi connectivity index (χ0n) is 17.4. The van der Waals surface area contributed by atoms with E-state index in [4.69, 9.17) is 4.74 Å². The Morgan fingerprint density at radius 2 is 1.50 bits per heavy atom. The minimum Gasteiger partial charge on any atom is -0.496 e. The number of methoxy groups -OCH3 is 2. The average molecular weight is 517 g/mol. The van der Waals surface area contributed by atoms with Crippen LogP contribution in [0.5, 0.6) is 17.2 Å². The number of hydrogen-bond donors (Lipinski definition) is 1. The molecule has 0 spiro atoms. The lowest BCUT2D eigenvalue weighted by Gasteiger charge is -2.17. The molecule has 0 atom stereocenters. The van der Waals surface area contributed by atoms with Gasteiger partial charge in [-0.05, 0) is 24.3 Å². The SMILES string of the molecule is COC(=O)c1ccc(NS(=O)(=O)c2cc(OCC(F)(F)F)ccc2OCC(F)(F)F)cc1OC. The first-order valence-corrected chi connectivity index (χ1v) is 10.5. The monoisotopic (exact) mass is 517 g/mol. The molecule has 0 aliphatic heterocycles. The summed E-state index contributed by atoms with van der Waals surface area (Å²) in [5.41, 5.74) is -0.238. The van der Waals surface area contributed by atoms with Crippen LogP contribution in [0, 0.1) is 0 Å². The van der Waals surface area contributed by atoms with Gasteiger partial charge in [-0.3, -0.25) is 4.72 Å². The van der Waals surface area contributed by atoms with Gasteiger partial charge in [0, 0.05) is 12.1 Å². The molecular formula is C19H17F6NO7S. The molecule has 0 amide bonds. The van der Waals surface area contributed by atoms with Gasteiger partial charge >= 0.3 is 18.3 Å². The number of benzene rings is 2. The van der Waals surface area contributed by atoms with E-state index in [1.165, 1.54) is 7.11 Å². The second-order valence-electron chi connectivity index (χ2n) is 6.43. The van der Waals surface area contributed by atoms with Crippen molar-refractivity contribution in [3.63, 3.8) is 0 Å². The third kappa shape index (κ3) is 7.60. The third-order valence-corrected chi connectivity index (χ3v) is 5.26. The van der Waals surface area contributed by atoms with E-state index in [1.807, 2.05) is 4.72 Å². The van der Waals surface area contributed by atoms with Crippen LogP contribution in [0.4, 0.5) is 32.0 Å². The fraction of sp³-hybridized carbons (Fsp3) is 0.316. The predicted octanol–water partition coefficient (Wildman–Crippen LogP) is 4.16. The molecule has 0 aliphatic carbocycles. The summed E-state index contributed by atoms with van der Waals surface area (Å²) in [4.78, 5) is 10.8. The summed E-state index contributed by atoms with van der Waals surface area (Å²) >= 11 is 0. The van der Waals surface area contributed by atoms with Crippen molar-refractivity contribution >= 4 is 21.7 Å². The first-order valence-electron chi connectivity index (χ1n) is 8.97. The molecule has 0 saturated carbocycles. The smallest absolute Gasteiger partial charge is 0.422 e. The number of carbonyl (C=O) groups is 1. The number of halogens is 6. The van der Waals surface area contributed by atoms with Crippen LogP contribution in [0.15, 0.2) is 41.3 Å². The second kappa shape index (κ2) is 10.3. The second-order valence-corrected chi connectivity index (χ2v) is 8.08. The summed E-state index contributed by atoms with van der Waals surface area (Å²) < 4.78 is 121. The van der Waals surface area contributed by atoms with Gasteiger partial charge in [-0.15, -0.1) is 0 Å². The predicted molar refractivity (Wildman–Crippen MR) is 105 cm³/mol. The quantitative estimate of drug-likeness (QED) is 0.394. The van der Waals surface area contributed by atoms with Crippen molar-refractivity contribution in [3.8, 4) is 17.2 Å². The van der Waals surface area contributed by atoms with Crippen molar-refractivity contribution in [2.45, 2.75) is 17.2 Å². The summed E-state index contributed by atoms with van der Waals surface area (Å²) in [6, 6.07) is 5.51. The molecule has 2 aromatic rings. The maximum atomic E-state index is 12.9. The molecule has 34 heavy (non-hydrogen) atoms. The van der Waals surface area contributed by atoms with Crippen LogP contribution in [-0.4, -0.2) is 54.2 Å². The number of hydrogen-bond acceptors (Lipinski definition) is 7. The molecule has 0 saturated heterocycles. The minimum atomic E-state index is -4.82. The Balaban J connectivity index is 2.44. The van der Waals surface area contributed by atoms with Crippen molar-refractivity contribution in [2.24, 2.45) is 0 Å². The van der Waals surface area contributed by atoms with E-state index in [0.29, 0.717) is 6.07 Å². The van der Waals surface area contributed by atoms with Gasteiger partial charge in [-0.25, -0.2) is 13.2 Å². The molecule has 0 aromatic heterocycles. The Morgan fingerprint density at radius 3 is 2.06 bits per heavy atom. The standard InChI is InChI=1S/C19H17F6NO7S/c1-30-15-7-11(3-5-13(15)17(27)31-2)26-34(28,29)16-8-12(32-9-18(20,21)22)4-6-14(16)33-10-19(23,24)25/h3-8,26H,9-10H2,1-2H3. The molecule has 0 aliphatic rings. The fourth-order valence-electron chi connectivity index (χ4n) is 2.48. The first-order chi connectivity index (χ1) is 15.6. The highest BCUT2D eigenvalue weighted by molar-refractivity contribution is 7.92. The number of ether oxygens (including phenoxy) is 4. The topological polar surface area (TPSA) is 100 Å². The molecule has 8 nitrogen and oxygen atoms in total. The number of alkyl halides is 6. The van der Waals surface area contributed by atoms with E-state index in [1.54, 1.807) is 0 Å². The maximum absolute atomic E-state index is 12.9. The van der Waals surface area contributed by atoms with E-state index < -0.39 is 58.0 Å². The Kier molecular flexibility index (Phi) is 8.13. The zero-order chi connectivity index (χ0) is 25.7. The molecule has 15 heteroatoms. The van der Waals surface area contributed by atoms with Crippen LogP contribution in [-0.2, 0) is 14.8 Å². The fourth-order valence-corrected chi connectivity index (χ4v) is 3.69. The summed E-state index contributed by atoms with van der Waals surface area (Å²) in [5, 5.41) is 0.